The second-order valence-electron chi connectivity index (χ2n) is 7.74. The third kappa shape index (κ3) is 5.47. The zero-order valence-electron chi connectivity index (χ0n) is 18.1. The molecule has 1 saturated heterocycles. The first kappa shape index (κ1) is 22.0. The molecule has 1 N–H and O–H groups in total. The van der Waals surface area contributed by atoms with E-state index < -0.39 is 11.2 Å². The molecule has 3 heterocycles. The SMILES string of the molecule is CCCCc1cc(=O)oc2nc(O/N=C(/CCC)N3CCCN(C)CC3)[nH]c(=O)c12. The van der Waals surface area contributed by atoms with Crippen molar-refractivity contribution in [2.75, 3.05) is 33.2 Å². The van der Waals surface area contributed by atoms with Gasteiger partial charge in [-0.25, -0.2) is 4.79 Å². The number of aryl methyl sites for hydroxylation is 1. The molecule has 9 nitrogen and oxygen atoms in total. The van der Waals surface area contributed by atoms with Crippen LogP contribution in [0.25, 0.3) is 11.1 Å². The summed E-state index contributed by atoms with van der Waals surface area (Å²) in [7, 11) is 2.11. The predicted octanol–water partition coefficient (Wildman–Crippen LogP) is 2.35. The molecule has 0 bridgehead atoms. The van der Waals surface area contributed by atoms with Crippen LogP contribution in [0.3, 0.4) is 0 Å². The topological polar surface area (TPSA) is 104 Å². The van der Waals surface area contributed by atoms with Crippen LogP contribution >= 0.6 is 0 Å². The highest BCUT2D eigenvalue weighted by atomic mass is 16.6. The number of H-pyrrole nitrogens is 1. The average molecular weight is 418 g/mol. The molecule has 0 atom stereocenters. The molecule has 1 aliphatic heterocycles. The first-order chi connectivity index (χ1) is 14.5. The molecule has 0 aromatic carbocycles. The lowest BCUT2D eigenvalue weighted by atomic mass is 10.1. The van der Waals surface area contributed by atoms with E-state index in [2.05, 4.69) is 45.8 Å². The Morgan fingerprint density at radius 2 is 2.07 bits per heavy atom. The number of rotatable bonds is 7. The van der Waals surface area contributed by atoms with Gasteiger partial charge in [-0.1, -0.05) is 25.4 Å². The molecule has 1 fully saturated rings. The summed E-state index contributed by atoms with van der Waals surface area (Å²) in [5.41, 5.74) is -0.293. The molecule has 3 rings (SSSR count). The number of nitrogens with one attached hydrogen (secondary N) is 1. The Morgan fingerprint density at radius 1 is 1.23 bits per heavy atom. The first-order valence-electron chi connectivity index (χ1n) is 10.8. The van der Waals surface area contributed by atoms with Gasteiger partial charge in [-0.3, -0.25) is 9.78 Å². The lowest BCUT2D eigenvalue weighted by Gasteiger charge is -2.23. The monoisotopic (exact) mass is 417 g/mol. The van der Waals surface area contributed by atoms with E-state index in [4.69, 9.17) is 9.25 Å². The van der Waals surface area contributed by atoms with Gasteiger partial charge in [0.05, 0.1) is 0 Å². The van der Waals surface area contributed by atoms with Crippen molar-refractivity contribution in [1.82, 2.24) is 19.8 Å². The summed E-state index contributed by atoms with van der Waals surface area (Å²) in [5.74, 6) is 0.827. The maximum atomic E-state index is 12.6. The fourth-order valence-corrected chi connectivity index (χ4v) is 3.62. The lowest BCUT2D eigenvalue weighted by Crippen LogP contribution is -2.35. The molecule has 2 aromatic rings. The normalized spacial score (nSPS) is 16.1. The van der Waals surface area contributed by atoms with Crippen LogP contribution in [0.15, 0.2) is 25.2 Å². The van der Waals surface area contributed by atoms with Gasteiger partial charge in [0.25, 0.3) is 5.56 Å². The van der Waals surface area contributed by atoms with E-state index in [1.807, 2.05) is 0 Å². The van der Waals surface area contributed by atoms with Crippen molar-refractivity contribution in [3.05, 3.63) is 32.4 Å². The quantitative estimate of drug-likeness (QED) is 0.419. The van der Waals surface area contributed by atoms with Gasteiger partial charge in [-0.2, -0.15) is 4.98 Å². The minimum absolute atomic E-state index is 0.0176. The molecule has 0 unspecified atom stereocenters. The highest BCUT2D eigenvalue weighted by Crippen LogP contribution is 2.16. The van der Waals surface area contributed by atoms with Crippen LogP contribution in [0.5, 0.6) is 6.01 Å². The van der Waals surface area contributed by atoms with E-state index in [0.29, 0.717) is 17.4 Å². The van der Waals surface area contributed by atoms with Gasteiger partial charge in [0, 0.05) is 32.1 Å². The smallest absolute Gasteiger partial charge is 0.337 e. The fraction of sp³-hybridized carbons (Fsp3) is 0.619. The summed E-state index contributed by atoms with van der Waals surface area (Å²) >= 11 is 0. The molecule has 164 valence electrons. The van der Waals surface area contributed by atoms with Crippen molar-refractivity contribution in [1.29, 1.82) is 0 Å². The highest BCUT2D eigenvalue weighted by molar-refractivity contribution is 5.82. The third-order valence-corrected chi connectivity index (χ3v) is 5.27. The standard InChI is InChI=1S/C21H31N5O4/c1-4-6-9-15-14-17(27)29-20-18(15)19(28)22-21(23-20)30-24-16(8-5-2)26-11-7-10-25(3)12-13-26/h14H,4-13H2,1-3H3,(H,22,23,28)/b24-16-. The lowest BCUT2D eigenvalue weighted by molar-refractivity contribution is 0.291. The van der Waals surface area contributed by atoms with Gasteiger partial charge in [-0.15, -0.1) is 0 Å². The van der Waals surface area contributed by atoms with E-state index in [1.165, 1.54) is 6.07 Å². The maximum Gasteiger partial charge on any atom is 0.337 e. The van der Waals surface area contributed by atoms with E-state index in [0.717, 1.165) is 64.1 Å². The third-order valence-electron chi connectivity index (χ3n) is 5.27. The van der Waals surface area contributed by atoms with Crippen LogP contribution in [0.2, 0.25) is 0 Å². The van der Waals surface area contributed by atoms with E-state index in [9.17, 15) is 9.59 Å². The number of aromatic nitrogens is 2. The predicted molar refractivity (Wildman–Crippen MR) is 116 cm³/mol. The number of likely N-dealkylation sites (N-methyl/N-ethyl adjacent to an activating group) is 1. The second-order valence-corrected chi connectivity index (χ2v) is 7.74. The summed E-state index contributed by atoms with van der Waals surface area (Å²) in [6.07, 6.45) is 5.17. The van der Waals surface area contributed by atoms with E-state index in [1.54, 1.807) is 0 Å². The average Bonchev–Trinajstić information content (AvgIpc) is 2.93. The Hall–Kier alpha value is -2.68. The van der Waals surface area contributed by atoms with Crippen molar-refractivity contribution in [2.45, 2.75) is 52.4 Å². The zero-order chi connectivity index (χ0) is 21.5. The molecule has 0 saturated carbocycles. The Labute approximate surface area is 175 Å². The largest absolute Gasteiger partial charge is 0.403 e. The van der Waals surface area contributed by atoms with Crippen LogP contribution in [0, 0.1) is 0 Å². The first-order valence-corrected chi connectivity index (χ1v) is 10.8. The molecular formula is C21H31N5O4. The summed E-state index contributed by atoms with van der Waals surface area (Å²) < 4.78 is 5.17. The van der Waals surface area contributed by atoms with Crippen LogP contribution in [-0.2, 0) is 6.42 Å². The molecule has 2 aromatic heterocycles. The van der Waals surface area contributed by atoms with Crippen molar-refractivity contribution < 1.29 is 9.25 Å². The van der Waals surface area contributed by atoms with Gasteiger partial charge >= 0.3 is 11.6 Å². The number of fused-ring (bicyclic) bond motifs is 1. The molecule has 0 amide bonds. The van der Waals surface area contributed by atoms with Gasteiger partial charge in [0.2, 0.25) is 5.71 Å². The van der Waals surface area contributed by atoms with Crippen molar-refractivity contribution in [3.63, 3.8) is 0 Å². The molecule has 0 radical (unpaired) electrons. The van der Waals surface area contributed by atoms with Gasteiger partial charge in [0.1, 0.15) is 11.2 Å². The van der Waals surface area contributed by atoms with Crippen LogP contribution in [-0.4, -0.2) is 58.8 Å². The van der Waals surface area contributed by atoms with Crippen molar-refractivity contribution >= 4 is 16.9 Å². The Morgan fingerprint density at radius 3 is 2.83 bits per heavy atom. The van der Waals surface area contributed by atoms with Gasteiger partial charge < -0.3 is 19.1 Å². The maximum absolute atomic E-state index is 12.6. The number of aromatic amines is 1. The number of unbranched alkanes of at least 4 members (excludes halogenated alkanes) is 1. The molecule has 9 heteroatoms. The molecule has 1 aliphatic rings. The van der Waals surface area contributed by atoms with Gasteiger partial charge in [0.15, 0.2) is 0 Å². The zero-order valence-corrected chi connectivity index (χ0v) is 18.1. The number of hydrogen-bond acceptors (Lipinski definition) is 7. The molecule has 0 aliphatic carbocycles. The number of oxime groups is 1. The number of hydrogen-bond donors (Lipinski definition) is 1. The highest BCUT2D eigenvalue weighted by Gasteiger charge is 2.17. The second kappa shape index (κ2) is 10.4. The number of nitrogens with zero attached hydrogens (tertiary/aromatic N) is 4. The van der Waals surface area contributed by atoms with Crippen LogP contribution in [0.1, 0.15) is 51.5 Å². The molecule has 0 spiro atoms. The van der Waals surface area contributed by atoms with Gasteiger partial charge in [-0.05, 0) is 44.8 Å². The summed E-state index contributed by atoms with van der Waals surface area (Å²) in [6.45, 7) is 7.92. The van der Waals surface area contributed by atoms with Crippen LogP contribution in [0.4, 0.5) is 0 Å². The Balaban J connectivity index is 1.88. The minimum Gasteiger partial charge on any atom is -0.403 e. The molecule has 30 heavy (non-hydrogen) atoms. The van der Waals surface area contributed by atoms with E-state index >= 15 is 0 Å². The Kier molecular flexibility index (Phi) is 7.62. The van der Waals surface area contributed by atoms with E-state index in [-0.39, 0.29) is 11.7 Å². The summed E-state index contributed by atoms with van der Waals surface area (Å²) in [5, 5.41) is 4.58. The number of amidine groups is 1. The van der Waals surface area contributed by atoms with Crippen molar-refractivity contribution in [2.24, 2.45) is 5.16 Å². The molecular weight excluding hydrogens is 386 g/mol. The Bertz CT molecular complexity index is 997. The fourth-order valence-electron chi connectivity index (χ4n) is 3.62. The minimum atomic E-state index is -0.526. The summed E-state index contributed by atoms with van der Waals surface area (Å²) in [4.78, 5) is 41.4. The summed E-state index contributed by atoms with van der Waals surface area (Å²) in [6, 6.07) is 1.28. The van der Waals surface area contributed by atoms with Crippen LogP contribution < -0.4 is 16.0 Å². The van der Waals surface area contributed by atoms with Crippen molar-refractivity contribution in [3.8, 4) is 6.01 Å².